The normalized spacial score (nSPS) is 16.6. The molecule has 1 aliphatic heterocycles. The molecule has 106 valence electrons. The molecule has 0 saturated carbocycles. The van der Waals surface area contributed by atoms with Crippen molar-refractivity contribution in [3.05, 3.63) is 28.3 Å². The van der Waals surface area contributed by atoms with Crippen molar-refractivity contribution < 1.29 is 24.0 Å². The van der Waals surface area contributed by atoms with Gasteiger partial charge in [-0.3, -0.25) is 19.7 Å². The number of rotatable bonds is 4. The number of esters is 1. The van der Waals surface area contributed by atoms with E-state index in [0.717, 1.165) is 0 Å². The molecule has 0 fully saturated rings. The Morgan fingerprint density at radius 1 is 1.55 bits per heavy atom. The molecule has 0 aliphatic carbocycles. The molecule has 1 N–H and O–H groups in total. The topological polar surface area (TPSA) is 108 Å². The van der Waals surface area contributed by atoms with Gasteiger partial charge in [0.05, 0.1) is 23.6 Å². The number of nitro benzene ring substituents is 1. The summed E-state index contributed by atoms with van der Waals surface area (Å²) in [4.78, 5) is 33.2. The Bertz CT molecular complexity index is 571. The second-order valence-corrected chi connectivity index (χ2v) is 4.04. The summed E-state index contributed by atoms with van der Waals surface area (Å²) in [5.74, 6) is -0.798. The standard InChI is InChI=1S/C12H12N2O6/c1-2-19-11(15)6-10-12(16)13-8-5-7(14(17)18)3-4-9(8)20-10/h3-5,10H,2,6H2,1H3,(H,13,16). The SMILES string of the molecule is CCOC(=O)CC1Oc2ccc([N+](=O)[O-])cc2NC1=O. The Hall–Kier alpha value is -2.64. The van der Waals surface area contributed by atoms with E-state index in [1.54, 1.807) is 6.92 Å². The summed E-state index contributed by atoms with van der Waals surface area (Å²) in [5, 5.41) is 13.1. The lowest BCUT2D eigenvalue weighted by Gasteiger charge is -2.24. The van der Waals surface area contributed by atoms with Crippen LogP contribution in [-0.2, 0) is 14.3 Å². The van der Waals surface area contributed by atoms with Gasteiger partial charge in [-0.25, -0.2) is 0 Å². The lowest BCUT2D eigenvalue weighted by Crippen LogP contribution is -2.38. The molecular formula is C12H12N2O6. The second kappa shape index (κ2) is 5.55. The third-order valence-electron chi connectivity index (χ3n) is 2.65. The van der Waals surface area contributed by atoms with Crippen molar-refractivity contribution >= 4 is 23.3 Å². The van der Waals surface area contributed by atoms with Crippen LogP contribution in [0.25, 0.3) is 0 Å². The van der Waals surface area contributed by atoms with Crippen molar-refractivity contribution in [3.8, 4) is 5.75 Å². The molecule has 1 aliphatic rings. The Kier molecular flexibility index (Phi) is 3.83. The van der Waals surface area contributed by atoms with Crippen molar-refractivity contribution in [2.24, 2.45) is 0 Å². The Morgan fingerprint density at radius 3 is 2.95 bits per heavy atom. The van der Waals surface area contributed by atoms with Crippen LogP contribution < -0.4 is 10.1 Å². The third kappa shape index (κ3) is 2.85. The quantitative estimate of drug-likeness (QED) is 0.505. The third-order valence-corrected chi connectivity index (χ3v) is 2.65. The van der Waals surface area contributed by atoms with E-state index in [9.17, 15) is 19.7 Å². The molecule has 1 aromatic rings. The van der Waals surface area contributed by atoms with Gasteiger partial charge < -0.3 is 14.8 Å². The van der Waals surface area contributed by atoms with E-state index in [4.69, 9.17) is 9.47 Å². The van der Waals surface area contributed by atoms with Gasteiger partial charge in [0.15, 0.2) is 6.10 Å². The molecule has 0 saturated heterocycles. The Labute approximate surface area is 113 Å². The van der Waals surface area contributed by atoms with Gasteiger partial charge in [-0.1, -0.05) is 0 Å². The molecule has 1 aromatic carbocycles. The minimum atomic E-state index is -0.997. The van der Waals surface area contributed by atoms with E-state index >= 15 is 0 Å². The minimum absolute atomic E-state index is 0.156. The van der Waals surface area contributed by atoms with Gasteiger partial charge >= 0.3 is 5.97 Å². The Balaban J connectivity index is 2.15. The van der Waals surface area contributed by atoms with E-state index in [1.807, 2.05) is 0 Å². The molecule has 1 heterocycles. The number of nitro groups is 1. The average Bonchev–Trinajstić information content (AvgIpc) is 2.39. The summed E-state index contributed by atoms with van der Waals surface area (Å²) in [6, 6.07) is 3.84. The summed E-state index contributed by atoms with van der Waals surface area (Å²) in [7, 11) is 0. The van der Waals surface area contributed by atoms with Gasteiger partial charge in [0, 0.05) is 12.1 Å². The second-order valence-electron chi connectivity index (χ2n) is 4.04. The molecule has 2 rings (SSSR count). The molecule has 1 amide bonds. The first kappa shape index (κ1) is 13.8. The van der Waals surface area contributed by atoms with Gasteiger partial charge in [0.1, 0.15) is 5.75 Å². The lowest BCUT2D eigenvalue weighted by molar-refractivity contribution is -0.384. The van der Waals surface area contributed by atoms with Gasteiger partial charge in [-0.15, -0.1) is 0 Å². The van der Waals surface area contributed by atoms with E-state index in [2.05, 4.69) is 5.32 Å². The van der Waals surface area contributed by atoms with Crippen LogP contribution in [0.15, 0.2) is 18.2 Å². The minimum Gasteiger partial charge on any atom is -0.478 e. The summed E-state index contributed by atoms with van der Waals surface area (Å²) >= 11 is 0. The summed E-state index contributed by atoms with van der Waals surface area (Å²) in [6.45, 7) is 1.88. The number of non-ortho nitro benzene ring substituents is 1. The highest BCUT2D eigenvalue weighted by Crippen LogP contribution is 2.33. The monoisotopic (exact) mass is 280 g/mol. The van der Waals surface area contributed by atoms with Crippen LogP contribution in [0.2, 0.25) is 0 Å². The van der Waals surface area contributed by atoms with Crippen molar-refractivity contribution in [2.45, 2.75) is 19.4 Å². The van der Waals surface area contributed by atoms with Crippen LogP contribution in [0.1, 0.15) is 13.3 Å². The first-order chi connectivity index (χ1) is 9.51. The highest BCUT2D eigenvalue weighted by molar-refractivity contribution is 5.99. The Morgan fingerprint density at radius 2 is 2.30 bits per heavy atom. The maximum absolute atomic E-state index is 11.8. The molecule has 20 heavy (non-hydrogen) atoms. The van der Waals surface area contributed by atoms with Crippen LogP contribution in [0, 0.1) is 10.1 Å². The number of carbonyl (C=O) groups is 2. The predicted octanol–water partition coefficient (Wildman–Crippen LogP) is 1.25. The van der Waals surface area contributed by atoms with Gasteiger partial charge in [0.2, 0.25) is 0 Å². The maximum Gasteiger partial charge on any atom is 0.310 e. The molecule has 8 heteroatoms. The summed E-state index contributed by atoms with van der Waals surface area (Å²) in [6.07, 6.45) is -1.21. The number of nitrogens with one attached hydrogen (secondary N) is 1. The van der Waals surface area contributed by atoms with Gasteiger partial charge in [0.25, 0.3) is 11.6 Å². The zero-order valence-electron chi connectivity index (χ0n) is 10.6. The fourth-order valence-corrected chi connectivity index (χ4v) is 1.76. The summed E-state index contributed by atoms with van der Waals surface area (Å²) < 4.78 is 10.1. The molecular weight excluding hydrogens is 268 g/mol. The first-order valence-corrected chi connectivity index (χ1v) is 5.93. The molecule has 8 nitrogen and oxygen atoms in total. The van der Waals surface area contributed by atoms with E-state index < -0.39 is 22.9 Å². The van der Waals surface area contributed by atoms with Crippen LogP contribution in [0.4, 0.5) is 11.4 Å². The van der Waals surface area contributed by atoms with Crippen LogP contribution >= 0.6 is 0 Å². The number of carbonyl (C=O) groups excluding carboxylic acids is 2. The van der Waals surface area contributed by atoms with Crippen LogP contribution in [-0.4, -0.2) is 29.5 Å². The molecule has 1 unspecified atom stereocenters. The number of amides is 1. The molecule has 1 atom stereocenters. The molecule has 0 aromatic heterocycles. The number of benzene rings is 1. The number of fused-ring (bicyclic) bond motifs is 1. The first-order valence-electron chi connectivity index (χ1n) is 5.93. The zero-order valence-corrected chi connectivity index (χ0v) is 10.6. The average molecular weight is 280 g/mol. The highest BCUT2D eigenvalue weighted by Gasteiger charge is 2.31. The van der Waals surface area contributed by atoms with Crippen molar-refractivity contribution in [1.82, 2.24) is 0 Å². The van der Waals surface area contributed by atoms with E-state index in [0.29, 0.717) is 0 Å². The summed E-state index contributed by atoms with van der Waals surface area (Å²) in [5.41, 5.74) is 0.0563. The largest absolute Gasteiger partial charge is 0.478 e. The highest BCUT2D eigenvalue weighted by atomic mass is 16.6. The molecule has 0 spiro atoms. The number of ether oxygens (including phenoxy) is 2. The predicted molar refractivity (Wildman–Crippen MR) is 67.4 cm³/mol. The van der Waals surface area contributed by atoms with Crippen LogP contribution in [0.3, 0.4) is 0 Å². The van der Waals surface area contributed by atoms with Crippen molar-refractivity contribution in [1.29, 1.82) is 0 Å². The fourth-order valence-electron chi connectivity index (χ4n) is 1.76. The van der Waals surface area contributed by atoms with Gasteiger partial charge in [-0.2, -0.15) is 0 Å². The molecule has 0 radical (unpaired) electrons. The zero-order chi connectivity index (χ0) is 14.7. The van der Waals surface area contributed by atoms with Crippen molar-refractivity contribution in [3.63, 3.8) is 0 Å². The fraction of sp³-hybridized carbons (Fsp3) is 0.333. The number of anilines is 1. The van der Waals surface area contributed by atoms with E-state index in [1.165, 1.54) is 18.2 Å². The van der Waals surface area contributed by atoms with Crippen molar-refractivity contribution in [2.75, 3.05) is 11.9 Å². The van der Waals surface area contributed by atoms with Gasteiger partial charge in [-0.05, 0) is 13.0 Å². The lowest BCUT2D eigenvalue weighted by atomic mass is 10.1. The number of hydrogen-bond donors (Lipinski definition) is 1. The van der Waals surface area contributed by atoms with Crippen LogP contribution in [0.5, 0.6) is 5.75 Å². The number of hydrogen-bond acceptors (Lipinski definition) is 6. The van der Waals surface area contributed by atoms with E-state index in [-0.39, 0.29) is 30.2 Å². The smallest absolute Gasteiger partial charge is 0.310 e. The molecule has 0 bridgehead atoms. The number of nitrogens with zero attached hydrogens (tertiary/aromatic N) is 1. The maximum atomic E-state index is 11.8.